The van der Waals surface area contributed by atoms with Gasteiger partial charge in [-0.3, -0.25) is 0 Å². The van der Waals surface area contributed by atoms with Crippen molar-refractivity contribution in [3.8, 4) is 11.5 Å². The van der Waals surface area contributed by atoms with Gasteiger partial charge in [-0.15, -0.1) is 10.2 Å². The lowest BCUT2D eigenvalue weighted by Gasteiger charge is -2.11. The molecule has 0 N–H and O–H groups in total. The molecule has 0 spiro atoms. The minimum Gasteiger partial charge on any atom is -0.494 e. The summed E-state index contributed by atoms with van der Waals surface area (Å²) < 4.78 is 13.8. The second-order valence-corrected chi connectivity index (χ2v) is 8.05. The molecular weight excluding hydrogens is 394 g/mol. The van der Waals surface area contributed by atoms with Gasteiger partial charge in [0.15, 0.2) is 11.0 Å². The molecule has 1 fully saturated rings. The molecule has 1 aliphatic carbocycles. The van der Waals surface area contributed by atoms with E-state index in [2.05, 4.69) is 14.8 Å². The second-order valence-electron chi connectivity index (χ2n) is 6.58. The zero-order valence-electron chi connectivity index (χ0n) is 15.5. The fourth-order valence-electron chi connectivity index (χ4n) is 2.84. The first-order valence-corrected chi connectivity index (χ1v) is 10.8. The molecule has 2 aromatic carbocycles. The number of para-hydroxylation sites is 2. The highest BCUT2D eigenvalue weighted by molar-refractivity contribution is 7.99. The van der Waals surface area contributed by atoms with E-state index >= 15 is 0 Å². The average molecular weight is 416 g/mol. The number of nitrogens with zero attached hydrogens (tertiary/aromatic N) is 3. The Balaban J connectivity index is 1.30. The third-order valence-corrected chi connectivity index (χ3v) is 5.71. The van der Waals surface area contributed by atoms with Crippen LogP contribution in [0.3, 0.4) is 0 Å². The maximum absolute atomic E-state index is 6.17. The Labute approximate surface area is 174 Å². The van der Waals surface area contributed by atoms with Crippen molar-refractivity contribution in [1.29, 1.82) is 0 Å². The van der Waals surface area contributed by atoms with Gasteiger partial charge in [0, 0.05) is 11.8 Å². The molecule has 4 rings (SSSR count). The standard InChI is InChI=1S/C21H22ClN3O2S/c22-18-9-4-5-10-19(18)27-15-20-23-24-21(25(20)16-11-12-16)28-14-6-13-26-17-7-2-1-3-8-17/h1-5,7-10,16H,6,11-15H2. The highest BCUT2D eigenvalue weighted by Gasteiger charge is 2.29. The highest BCUT2D eigenvalue weighted by atomic mass is 35.5. The van der Waals surface area contributed by atoms with Gasteiger partial charge in [-0.2, -0.15) is 0 Å². The summed E-state index contributed by atoms with van der Waals surface area (Å²) in [5, 5.41) is 10.3. The van der Waals surface area contributed by atoms with Gasteiger partial charge >= 0.3 is 0 Å². The number of benzene rings is 2. The van der Waals surface area contributed by atoms with E-state index in [1.54, 1.807) is 11.8 Å². The summed E-state index contributed by atoms with van der Waals surface area (Å²) in [6, 6.07) is 17.9. The van der Waals surface area contributed by atoms with Gasteiger partial charge in [0.2, 0.25) is 0 Å². The van der Waals surface area contributed by atoms with Gasteiger partial charge in [0.1, 0.15) is 18.1 Å². The molecule has 3 aromatic rings. The number of ether oxygens (including phenoxy) is 2. The van der Waals surface area contributed by atoms with Crippen LogP contribution in [0.1, 0.15) is 31.1 Å². The summed E-state index contributed by atoms with van der Waals surface area (Å²) in [6.07, 6.45) is 3.28. The average Bonchev–Trinajstić information content (AvgIpc) is 3.48. The first kappa shape index (κ1) is 19.2. The smallest absolute Gasteiger partial charge is 0.191 e. The van der Waals surface area contributed by atoms with Crippen LogP contribution in [-0.4, -0.2) is 27.1 Å². The molecule has 0 amide bonds. The van der Waals surface area contributed by atoms with Gasteiger partial charge < -0.3 is 14.0 Å². The molecule has 0 bridgehead atoms. The maximum atomic E-state index is 6.17. The van der Waals surface area contributed by atoms with Crippen LogP contribution >= 0.6 is 23.4 Å². The predicted molar refractivity (Wildman–Crippen MR) is 111 cm³/mol. The van der Waals surface area contributed by atoms with Crippen molar-refractivity contribution in [2.45, 2.75) is 37.1 Å². The lowest BCUT2D eigenvalue weighted by atomic mass is 10.3. The van der Waals surface area contributed by atoms with Crippen LogP contribution in [0.15, 0.2) is 59.8 Å². The fourth-order valence-corrected chi connectivity index (χ4v) is 3.96. The maximum Gasteiger partial charge on any atom is 0.191 e. The van der Waals surface area contributed by atoms with E-state index in [-0.39, 0.29) is 0 Å². The molecule has 1 heterocycles. The van der Waals surface area contributed by atoms with Gasteiger partial charge in [-0.1, -0.05) is 53.7 Å². The SMILES string of the molecule is Clc1ccccc1OCc1nnc(SCCCOc2ccccc2)n1C1CC1. The van der Waals surface area contributed by atoms with E-state index in [0.717, 1.165) is 28.9 Å². The summed E-state index contributed by atoms with van der Waals surface area (Å²) in [7, 11) is 0. The van der Waals surface area contributed by atoms with E-state index in [4.69, 9.17) is 21.1 Å². The van der Waals surface area contributed by atoms with Crippen molar-refractivity contribution in [2.75, 3.05) is 12.4 Å². The van der Waals surface area contributed by atoms with Crippen molar-refractivity contribution in [3.63, 3.8) is 0 Å². The van der Waals surface area contributed by atoms with E-state index in [9.17, 15) is 0 Å². The van der Waals surface area contributed by atoms with Crippen LogP contribution in [0.2, 0.25) is 5.02 Å². The molecule has 7 heteroatoms. The molecule has 0 atom stereocenters. The van der Waals surface area contributed by atoms with Crippen molar-refractivity contribution < 1.29 is 9.47 Å². The van der Waals surface area contributed by atoms with Crippen LogP contribution in [0.25, 0.3) is 0 Å². The highest BCUT2D eigenvalue weighted by Crippen LogP contribution is 2.39. The Morgan fingerprint density at radius 1 is 1.00 bits per heavy atom. The van der Waals surface area contributed by atoms with Gasteiger partial charge in [-0.05, 0) is 43.5 Å². The van der Waals surface area contributed by atoms with Crippen molar-refractivity contribution in [3.05, 3.63) is 65.4 Å². The number of rotatable bonds is 10. The third-order valence-electron chi connectivity index (χ3n) is 4.37. The quantitative estimate of drug-likeness (QED) is 0.327. The molecule has 1 saturated carbocycles. The topological polar surface area (TPSA) is 49.2 Å². The molecule has 0 aliphatic heterocycles. The summed E-state index contributed by atoms with van der Waals surface area (Å²) in [6.45, 7) is 1.06. The number of aromatic nitrogens is 3. The number of halogens is 1. The lowest BCUT2D eigenvalue weighted by Crippen LogP contribution is -2.07. The summed E-state index contributed by atoms with van der Waals surface area (Å²) in [5.41, 5.74) is 0. The molecule has 146 valence electrons. The minimum absolute atomic E-state index is 0.366. The first-order chi connectivity index (χ1) is 13.8. The summed E-state index contributed by atoms with van der Waals surface area (Å²) in [5.74, 6) is 3.36. The third kappa shape index (κ3) is 5.00. The Morgan fingerprint density at radius 2 is 1.79 bits per heavy atom. The molecule has 0 radical (unpaired) electrons. The van der Waals surface area contributed by atoms with Crippen LogP contribution in [-0.2, 0) is 6.61 Å². The fraction of sp³-hybridized carbons (Fsp3) is 0.333. The molecule has 0 unspecified atom stereocenters. The van der Waals surface area contributed by atoms with Crippen LogP contribution in [0.5, 0.6) is 11.5 Å². The Hall–Kier alpha value is -2.18. The van der Waals surface area contributed by atoms with Gasteiger partial charge in [0.05, 0.1) is 11.6 Å². The van der Waals surface area contributed by atoms with Crippen molar-refractivity contribution in [2.24, 2.45) is 0 Å². The molecular formula is C21H22ClN3O2S. The summed E-state index contributed by atoms with van der Waals surface area (Å²) in [4.78, 5) is 0. The van der Waals surface area contributed by atoms with Crippen molar-refractivity contribution in [1.82, 2.24) is 14.8 Å². The Morgan fingerprint density at radius 3 is 2.57 bits per heavy atom. The van der Waals surface area contributed by atoms with E-state index in [0.29, 0.717) is 30.0 Å². The Bertz CT molecular complexity index is 900. The first-order valence-electron chi connectivity index (χ1n) is 9.43. The summed E-state index contributed by atoms with van der Waals surface area (Å²) >= 11 is 7.89. The Kier molecular flexibility index (Phi) is 6.39. The zero-order valence-corrected chi connectivity index (χ0v) is 17.0. The second kappa shape index (κ2) is 9.34. The van der Waals surface area contributed by atoms with E-state index in [1.165, 1.54) is 12.8 Å². The normalized spacial score (nSPS) is 13.5. The zero-order chi connectivity index (χ0) is 19.2. The van der Waals surface area contributed by atoms with Gasteiger partial charge in [-0.25, -0.2) is 0 Å². The molecule has 0 saturated heterocycles. The minimum atomic E-state index is 0.366. The molecule has 1 aliphatic rings. The van der Waals surface area contributed by atoms with E-state index in [1.807, 2.05) is 54.6 Å². The predicted octanol–water partition coefficient (Wildman–Crippen LogP) is 5.41. The van der Waals surface area contributed by atoms with Gasteiger partial charge in [0.25, 0.3) is 0 Å². The van der Waals surface area contributed by atoms with Crippen LogP contribution in [0.4, 0.5) is 0 Å². The van der Waals surface area contributed by atoms with Crippen LogP contribution in [0, 0.1) is 0 Å². The largest absolute Gasteiger partial charge is 0.494 e. The lowest BCUT2D eigenvalue weighted by molar-refractivity contribution is 0.288. The number of hydrogen-bond donors (Lipinski definition) is 0. The number of hydrogen-bond acceptors (Lipinski definition) is 5. The monoisotopic (exact) mass is 415 g/mol. The van der Waals surface area contributed by atoms with E-state index < -0.39 is 0 Å². The van der Waals surface area contributed by atoms with Crippen molar-refractivity contribution >= 4 is 23.4 Å². The molecule has 5 nitrogen and oxygen atoms in total. The number of thioether (sulfide) groups is 1. The molecule has 1 aromatic heterocycles. The molecule has 28 heavy (non-hydrogen) atoms. The van der Waals surface area contributed by atoms with Crippen LogP contribution < -0.4 is 9.47 Å².